The molecule has 1 aliphatic heterocycles. The first kappa shape index (κ1) is 60.2. The van der Waals surface area contributed by atoms with Crippen molar-refractivity contribution in [1.29, 1.82) is 0 Å². The molecule has 65 heavy (non-hydrogen) atoms. The van der Waals surface area contributed by atoms with E-state index >= 15 is 0 Å². The Hall–Kier alpha value is -2.86. The predicted molar refractivity (Wildman–Crippen MR) is 265 cm³/mol. The number of hydrogen-bond acceptors (Lipinski definition) is 10. The number of aliphatic hydroxyl groups is 4. The smallest absolute Gasteiger partial charge is 0.306 e. The third-order valence-corrected chi connectivity index (χ3v) is 11.6. The van der Waals surface area contributed by atoms with E-state index in [0.717, 1.165) is 57.8 Å². The van der Waals surface area contributed by atoms with Crippen LogP contribution in [0.15, 0.2) is 72.9 Å². The topological polar surface area (TPSA) is 152 Å². The summed E-state index contributed by atoms with van der Waals surface area (Å²) in [6.45, 7) is 3.26. The third kappa shape index (κ3) is 35.9. The fourth-order valence-electron chi connectivity index (χ4n) is 7.57. The van der Waals surface area contributed by atoms with Gasteiger partial charge in [0.1, 0.15) is 31.0 Å². The number of allylic oxidation sites excluding steroid dienone is 12. The monoisotopic (exact) mass is 915 g/mol. The molecule has 1 heterocycles. The van der Waals surface area contributed by atoms with E-state index in [1.807, 2.05) is 12.2 Å². The molecule has 0 amide bonds. The van der Waals surface area contributed by atoms with Gasteiger partial charge in [0.15, 0.2) is 12.4 Å². The Labute approximate surface area is 395 Å². The molecule has 0 aliphatic carbocycles. The second-order valence-electron chi connectivity index (χ2n) is 17.6. The SMILES string of the molecule is CC/C=C/C/C=C/C/C=C/C/C=C/C/C=C/C/C=C/CCC(=O)O[C@@H](COC(=O)CCCCCCCCCCCCCCCCCCCCCCC)CO[C@H]1O[C@@H](CO)[C@@H](O)C(O)C1O. The fourth-order valence-corrected chi connectivity index (χ4v) is 7.57. The number of hydrogen-bond donors (Lipinski definition) is 4. The summed E-state index contributed by atoms with van der Waals surface area (Å²) >= 11 is 0. The minimum atomic E-state index is -1.61. The molecular formula is C55H94O10. The molecule has 0 spiro atoms. The molecule has 0 aromatic heterocycles. The molecule has 1 aliphatic rings. The maximum atomic E-state index is 12.8. The Balaban J connectivity index is 2.30. The van der Waals surface area contributed by atoms with Gasteiger partial charge in [0, 0.05) is 12.8 Å². The molecule has 10 heteroatoms. The molecule has 1 fully saturated rings. The van der Waals surface area contributed by atoms with E-state index in [0.29, 0.717) is 6.42 Å². The van der Waals surface area contributed by atoms with Crippen LogP contribution in [0.2, 0.25) is 0 Å². The van der Waals surface area contributed by atoms with Crippen molar-refractivity contribution in [2.24, 2.45) is 0 Å². The van der Waals surface area contributed by atoms with E-state index in [4.69, 9.17) is 18.9 Å². The van der Waals surface area contributed by atoms with Gasteiger partial charge in [-0.05, 0) is 51.4 Å². The summed E-state index contributed by atoms with van der Waals surface area (Å²) in [4.78, 5) is 25.4. The van der Waals surface area contributed by atoms with Gasteiger partial charge in [-0.2, -0.15) is 0 Å². The van der Waals surface area contributed by atoms with Crippen LogP contribution in [0.1, 0.15) is 206 Å². The van der Waals surface area contributed by atoms with Crippen LogP contribution < -0.4 is 0 Å². The van der Waals surface area contributed by atoms with Crippen LogP contribution in [0.5, 0.6) is 0 Å². The van der Waals surface area contributed by atoms with Gasteiger partial charge in [-0.1, -0.05) is 215 Å². The van der Waals surface area contributed by atoms with Crippen LogP contribution in [-0.2, 0) is 28.5 Å². The van der Waals surface area contributed by atoms with Crippen molar-refractivity contribution in [3.05, 3.63) is 72.9 Å². The highest BCUT2D eigenvalue weighted by molar-refractivity contribution is 5.70. The molecule has 0 saturated carbocycles. The van der Waals surface area contributed by atoms with Gasteiger partial charge in [0.05, 0.1) is 13.2 Å². The Bertz CT molecular complexity index is 1290. The molecule has 10 nitrogen and oxygen atoms in total. The number of aliphatic hydroxyl groups excluding tert-OH is 4. The number of carbonyl (C=O) groups is 2. The quantitative estimate of drug-likeness (QED) is 0.0264. The predicted octanol–water partition coefficient (Wildman–Crippen LogP) is 12.3. The average molecular weight is 915 g/mol. The molecule has 1 rings (SSSR count). The Kier molecular flexibility index (Phi) is 41.6. The molecule has 1 saturated heterocycles. The molecule has 0 radical (unpaired) electrons. The van der Waals surface area contributed by atoms with Crippen LogP contribution in [0, 0.1) is 0 Å². The Morgan fingerprint density at radius 3 is 1.34 bits per heavy atom. The van der Waals surface area contributed by atoms with Gasteiger partial charge >= 0.3 is 11.9 Å². The molecule has 374 valence electrons. The highest BCUT2D eigenvalue weighted by atomic mass is 16.7. The summed E-state index contributed by atoms with van der Waals surface area (Å²) in [6, 6.07) is 0. The number of carbonyl (C=O) groups excluding carboxylic acids is 2. The zero-order chi connectivity index (χ0) is 47.3. The molecule has 0 aromatic carbocycles. The third-order valence-electron chi connectivity index (χ3n) is 11.6. The highest BCUT2D eigenvalue weighted by Crippen LogP contribution is 2.23. The lowest BCUT2D eigenvalue weighted by Gasteiger charge is -2.39. The van der Waals surface area contributed by atoms with E-state index in [1.54, 1.807) is 0 Å². The van der Waals surface area contributed by atoms with E-state index < -0.39 is 55.4 Å². The molecule has 2 unspecified atom stereocenters. The summed E-state index contributed by atoms with van der Waals surface area (Å²) in [5.74, 6) is -0.901. The molecule has 6 atom stereocenters. The lowest BCUT2D eigenvalue weighted by molar-refractivity contribution is -0.305. The minimum absolute atomic E-state index is 0.103. The lowest BCUT2D eigenvalue weighted by atomic mass is 9.99. The van der Waals surface area contributed by atoms with Crippen LogP contribution in [0.4, 0.5) is 0 Å². The summed E-state index contributed by atoms with van der Waals surface area (Å²) in [6.07, 6.45) is 50.7. The average Bonchev–Trinajstić information content (AvgIpc) is 3.30. The van der Waals surface area contributed by atoms with Gasteiger partial charge in [-0.15, -0.1) is 0 Å². The standard InChI is InChI=1S/C55H94O10/c1-3-5-7-9-11-13-15-17-19-21-23-24-26-27-29-31-33-35-37-39-41-43-50(57)62-46-48(47-63-55-54(61)53(60)52(59)49(45-56)65-55)64-51(58)44-42-40-38-36-34-32-30-28-25-22-20-18-16-14-12-10-8-6-4-2/h6,8,12,14,18,20,25,28,32,34,38,40,48-49,52-56,59-61H,3-5,7,9-11,13,15-17,19,21-24,26-27,29-31,33,35-37,39,41-47H2,1-2H3/b8-6+,14-12+,20-18+,28-25+,34-32+,40-38+/t48-,49-,52+,53?,54?,55-/m0/s1. The molecule has 4 N–H and O–H groups in total. The van der Waals surface area contributed by atoms with Crippen molar-refractivity contribution < 1.29 is 49.0 Å². The maximum absolute atomic E-state index is 12.8. The summed E-state index contributed by atoms with van der Waals surface area (Å²) in [5.41, 5.74) is 0. The van der Waals surface area contributed by atoms with Gasteiger partial charge in [-0.3, -0.25) is 9.59 Å². The van der Waals surface area contributed by atoms with Crippen LogP contribution in [0.3, 0.4) is 0 Å². The van der Waals surface area contributed by atoms with E-state index in [1.165, 1.54) is 116 Å². The van der Waals surface area contributed by atoms with Gasteiger partial charge in [-0.25, -0.2) is 0 Å². The zero-order valence-electron chi connectivity index (χ0n) is 41.0. The van der Waals surface area contributed by atoms with E-state index in [-0.39, 0.29) is 26.1 Å². The maximum Gasteiger partial charge on any atom is 0.306 e. The van der Waals surface area contributed by atoms with Crippen molar-refractivity contribution in [2.75, 3.05) is 19.8 Å². The van der Waals surface area contributed by atoms with Gasteiger partial charge in [0.25, 0.3) is 0 Å². The first-order chi connectivity index (χ1) is 31.8. The number of esters is 2. The molecular weight excluding hydrogens is 821 g/mol. The number of rotatable bonds is 43. The van der Waals surface area contributed by atoms with Crippen molar-refractivity contribution in [3.63, 3.8) is 0 Å². The lowest BCUT2D eigenvalue weighted by Crippen LogP contribution is -2.59. The summed E-state index contributed by atoms with van der Waals surface area (Å²) in [5, 5.41) is 40.2. The van der Waals surface area contributed by atoms with E-state index in [2.05, 4.69) is 74.6 Å². The zero-order valence-corrected chi connectivity index (χ0v) is 41.0. The molecule has 0 aromatic rings. The largest absolute Gasteiger partial charge is 0.462 e. The van der Waals surface area contributed by atoms with Crippen LogP contribution in [-0.4, -0.2) is 89.0 Å². The first-order valence-corrected chi connectivity index (χ1v) is 26.0. The highest BCUT2D eigenvalue weighted by Gasteiger charge is 2.44. The number of unbranched alkanes of at least 4 members (excludes halogenated alkanes) is 20. The van der Waals surface area contributed by atoms with Gasteiger partial charge < -0.3 is 39.4 Å². The fraction of sp³-hybridized carbons (Fsp3) is 0.745. The number of ether oxygens (including phenoxy) is 4. The van der Waals surface area contributed by atoms with Crippen LogP contribution >= 0.6 is 0 Å². The molecule has 0 bridgehead atoms. The van der Waals surface area contributed by atoms with Crippen molar-refractivity contribution in [3.8, 4) is 0 Å². The minimum Gasteiger partial charge on any atom is -0.462 e. The Morgan fingerprint density at radius 2 is 0.908 bits per heavy atom. The first-order valence-electron chi connectivity index (χ1n) is 26.0. The summed E-state index contributed by atoms with van der Waals surface area (Å²) in [7, 11) is 0. The van der Waals surface area contributed by atoms with Crippen molar-refractivity contribution in [1.82, 2.24) is 0 Å². The second-order valence-corrected chi connectivity index (χ2v) is 17.6. The van der Waals surface area contributed by atoms with Crippen molar-refractivity contribution in [2.45, 2.75) is 243 Å². The van der Waals surface area contributed by atoms with Crippen LogP contribution in [0.25, 0.3) is 0 Å². The normalized spacial score (nSPS) is 19.9. The summed E-state index contributed by atoms with van der Waals surface area (Å²) < 4.78 is 22.2. The van der Waals surface area contributed by atoms with Gasteiger partial charge in [0.2, 0.25) is 0 Å². The second kappa shape index (κ2) is 44.9. The van der Waals surface area contributed by atoms with Crippen molar-refractivity contribution >= 4 is 11.9 Å². The van der Waals surface area contributed by atoms with E-state index in [9.17, 15) is 30.0 Å². The Morgan fingerprint density at radius 1 is 0.492 bits per heavy atom.